The molecule has 2 heterocycles. The summed E-state index contributed by atoms with van der Waals surface area (Å²) in [7, 11) is 0. The number of aromatic nitrogens is 1. The zero-order valence-corrected chi connectivity index (χ0v) is 16.0. The number of pyridine rings is 1. The van der Waals surface area contributed by atoms with E-state index >= 15 is 0 Å². The molecule has 2 aromatic heterocycles. The number of thiophene rings is 1. The van der Waals surface area contributed by atoms with Gasteiger partial charge in [-0.3, -0.25) is 4.79 Å². The van der Waals surface area contributed by atoms with Gasteiger partial charge in [-0.1, -0.05) is 54.6 Å². The summed E-state index contributed by atoms with van der Waals surface area (Å²) in [4.78, 5) is 31.1. The van der Waals surface area contributed by atoms with Gasteiger partial charge in [-0.05, 0) is 30.5 Å². The number of esters is 1. The normalized spacial score (nSPS) is 11.9. The Morgan fingerprint density at radius 1 is 0.964 bits per heavy atom. The van der Waals surface area contributed by atoms with E-state index in [1.54, 1.807) is 48.6 Å². The summed E-state index contributed by atoms with van der Waals surface area (Å²) in [6.45, 7) is 1.59. The van der Waals surface area contributed by atoms with Gasteiger partial charge in [0.25, 0.3) is 0 Å². The van der Waals surface area contributed by atoms with Crippen molar-refractivity contribution in [2.75, 3.05) is 0 Å². The van der Waals surface area contributed by atoms with E-state index in [4.69, 9.17) is 4.74 Å². The second-order valence-electron chi connectivity index (χ2n) is 6.33. The number of carbonyl (C=O) groups excluding carboxylic acids is 2. The number of hydrogen-bond donors (Lipinski definition) is 0. The molecule has 138 valence electrons. The molecule has 0 aliphatic rings. The van der Waals surface area contributed by atoms with Crippen LogP contribution in [0, 0.1) is 0 Å². The van der Waals surface area contributed by atoms with Crippen molar-refractivity contribution in [2.45, 2.75) is 13.0 Å². The average Bonchev–Trinajstić information content (AvgIpc) is 3.28. The highest BCUT2D eigenvalue weighted by Gasteiger charge is 2.22. The average molecular weight is 387 g/mol. The molecule has 0 radical (unpaired) electrons. The van der Waals surface area contributed by atoms with Crippen LogP contribution in [0.4, 0.5) is 0 Å². The molecule has 0 saturated carbocycles. The molecule has 0 amide bonds. The van der Waals surface area contributed by atoms with E-state index in [9.17, 15) is 9.59 Å². The van der Waals surface area contributed by atoms with Crippen molar-refractivity contribution >= 4 is 34.0 Å². The summed E-state index contributed by atoms with van der Waals surface area (Å²) in [5.74, 6) is -0.765. The van der Waals surface area contributed by atoms with E-state index in [1.807, 2.05) is 47.8 Å². The third kappa shape index (κ3) is 3.57. The van der Waals surface area contributed by atoms with E-state index in [2.05, 4.69) is 4.98 Å². The molecule has 28 heavy (non-hydrogen) atoms. The van der Waals surface area contributed by atoms with Gasteiger partial charge in [0.1, 0.15) is 0 Å². The highest BCUT2D eigenvalue weighted by molar-refractivity contribution is 7.13. The lowest BCUT2D eigenvalue weighted by molar-refractivity contribution is 0.0320. The highest BCUT2D eigenvalue weighted by atomic mass is 32.1. The molecule has 4 rings (SSSR count). The number of carbonyl (C=O) groups is 2. The predicted molar refractivity (Wildman–Crippen MR) is 111 cm³/mol. The molecule has 0 fully saturated rings. The molecule has 0 unspecified atom stereocenters. The number of hydrogen-bond acceptors (Lipinski definition) is 5. The summed E-state index contributed by atoms with van der Waals surface area (Å²) >= 11 is 1.55. The number of Topliss-reactive ketones (excluding diaryl/α,β-unsaturated/α-hetero) is 1. The maximum atomic E-state index is 12.9. The second kappa shape index (κ2) is 7.74. The van der Waals surface area contributed by atoms with E-state index in [0.29, 0.717) is 27.7 Å². The van der Waals surface area contributed by atoms with Crippen LogP contribution in [0.3, 0.4) is 0 Å². The molecule has 0 aliphatic heterocycles. The van der Waals surface area contributed by atoms with Crippen LogP contribution in [-0.4, -0.2) is 22.8 Å². The third-order valence-corrected chi connectivity index (χ3v) is 5.31. The minimum absolute atomic E-state index is 0.231. The van der Waals surface area contributed by atoms with E-state index in [0.717, 1.165) is 4.88 Å². The smallest absolute Gasteiger partial charge is 0.339 e. The Bertz CT molecular complexity index is 1140. The van der Waals surface area contributed by atoms with Crippen LogP contribution in [-0.2, 0) is 4.74 Å². The monoisotopic (exact) mass is 387 g/mol. The largest absolute Gasteiger partial charge is 0.451 e. The van der Waals surface area contributed by atoms with Gasteiger partial charge in [-0.25, -0.2) is 9.78 Å². The lowest BCUT2D eigenvalue weighted by Gasteiger charge is -2.14. The molecule has 0 aliphatic carbocycles. The van der Waals surface area contributed by atoms with Crippen molar-refractivity contribution in [3.05, 3.63) is 89.3 Å². The number of fused-ring (bicyclic) bond motifs is 1. The van der Waals surface area contributed by atoms with Gasteiger partial charge in [-0.15, -0.1) is 11.3 Å². The quantitative estimate of drug-likeness (QED) is 0.340. The molecular formula is C23H17NO3S. The van der Waals surface area contributed by atoms with Crippen molar-refractivity contribution < 1.29 is 14.3 Å². The molecular weight excluding hydrogens is 370 g/mol. The zero-order valence-electron chi connectivity index (χ0n) is 15.2. The number of nitrogens with zero attached hydrogens (tertiary/aromatic N) is 1. The van der Waals surface area contributed by atoms with Crippen molar-refractivity contribution in [1.29, 1.82) is 0 Å². The van der Waals surface area contributed by atoms with Gasteiger partial charge in [0.05, 0.1) is 21.7 Å². The Labute approximate surface area is 166 Å². The van der Waals surface area contributed by atoms with Gasteiger partial charge in [0.15, 0.2) is 6.10 Å². The maximum absolute atomic E-state index is 12.9. The fraction of sp³-hybridized carbons (Fsp3) is 0.0870. The molecule has 0 N–H and O–H groups in total. The van der Waals surface area contributed by atoms with Crippen molar-refractivity contribution in [2.24, 2.45) is 0 Å². The molecule has 2 aromatic carbocycles. The molecule has 5 heteroatoms. The van der Waals surface area contributed by atoms with Crippen LogP contribution < -0.4 is 0 Å². The highest BCUT2D eigenvalue weighted by Crippen LogP contribution is 2.28. The van der Waals surface area contributed by atoms with Gasteiger partial charge in [-0.2, -0.15) is 0 Å². The molecule has 0 spiro atoms. The van der Waals surface area contributed by atoms with Crippen LogP contribution >= 0.6 is 11.3 Å². The fourth-order valence-corrected chi connectivity index (χ4v) is 3.70. The molecule has 4 aromatic rings. The summed E-state index contributed by atoms with van der Waals surface area (Å²) in [6.07, 6.45) is -0.882. The van der Waals surface area contributed by atoms with Crippen LogP contribution in [0.25, 0.3) is 21.5 Å². The number of para-hydroxylation sites is 1. The van der Waals surface area contributed by atoms with Crippen LogP contribution in [0.1, 0.15) is 27.6 Å². The SMILES string of the molecule is C[C@H](OC(=O)c1cc(-c2cccs2)nc2ccccc12)C(=O)c1ccccc1. The van der Waals surface area contributed by atoms with Crippen molar-refractivity contribution in [3.63, 3.8) is 0 Å². The van der Waals surface area contributed by atoms with E-state index in [1.165, 1.54) is 0 Å². The lowest BCUT2D eigenvalue weighted by Crippen LogP contribution is -2.24. The number of ether oxygens (including phenoxy) is 1. The zero-order chi connectivity index (χ0) is 19.5. The Balaban J connectivity index is 1.68. The number of rotatable bonds is 5. The number of benzene rings is 2. The molecule has 1 atom stereocenters. The standard InChI is InChI=1S/C23H17NO3S/c1-15(22(25)16-8-3-2-4-9-16)27-23(26)18-14-20(21-12-7-13-28-21)24-19-11-6-5-10-17(18)19/h2-15H,1H3/t15-/m0/s1. The molecule has 4 nitrogen and oxygen atoms in total. The number of ketones is 1. The van der Waals surface area contributed by atoms with Crippen LogP contribution in [0.15, 0.2) is 78.2 Å². The lowest BCUT2D eigenvalue weighted by atomic mass is 10.1. The van der Waals surface area contributed by atoms with Crippen LogP contribution in [0.5, 0.6) is 0 Å². The Hall–Kier alpha value is -3.31. The summed E-state index contributed by atoms with van der Waals surface area (Å²) < 4.78 is 5.52. The summed E-state index contributed by atoms with van der Waals surface area (Å²) in [6, 6.07) is 21.9. The Kier molecular flexibility index (Phi) is 5.00. The summed E-state index contributed by atoms with van der Waals surface area (Å²) in [5.41, 5.74) is 2.34. The first-order chi connectivity index (χ1) is 13.6. The van der Waals surface area contributed by atoms with Crippen molar-refractivity contribution in [1.82, 2.24) is 4.98 Å². The minimum Gasteiger partial charge on any atom is -0.451 e. The predicted octanol–water partition coefficient (Wildman–Crippen LogP) is 5.39. The van der Waals surface area contributed by atoms with Gasteiger partial charge in [0, 0.05) is 10.9 Å². The van der Waals surface area contributed by atoms with E-state index in [-0.39, 0.29) is 5.78 Å². The third-order valence-electron chi connectivity index (χ3n) is 4.42. The fourth-order valence-electron chi connectivity index (χ4n) is 3.01. The first-order valence-electron chi connectivity index (χ1n) is 8.87. The Morgan fingerprint density at radius 3 is 2.46 bits per heavy atom. The first kappa shape index (κ1) is 18.1. The Morgan fingerprint density at radius 2 is 1.71 bits per heavy atom. The minimum atomic E-state index is -0.882. The first-order valence-corrected chi connectivity index (χ1v) is 9.75. The van der Waals surface area contributed by atoms with Gasteiger partial charge in [0.2, 0.25) is 5.78 Å². The topological polar surface area (TPSA) is 56.3 Å². The summed E-state index contributed by atoms with van der Waals surface area (Å²) in [5, 5.41) is 2.66. The van der Waals surface area contributed by atoms with Gasteiger partial charge < -0.3 is 4.74 Å². The van der Waals surface area contributed by atoms with Crippen molar-refractivity contribution in [3.8, 4) is 10.6 Å². The second-order valence-corrected chi connectivity index (χ2v) is 7.28. The van der Waals surface area contributed by atoms with E-state index < -0.39 is 12.1 Å². The van der Waals surface area contributed by atoms with Crippen LogP contribution in [0.2, 0.25) is 0 Å². The molecule has 0 bridgehead atoms. The maximum Gasteiger partial charge on any atom is 0.339 e. The van der Waals surface area contributed by atoms with Gasteiger partial charge >= 0.3 is 5.97 Å². The molecule has 0 saturated heterocycles.